The summed E-state index contributed by atoms with van der Waals surface area (Å²) in [4.78, 5) is 18.2. The predicted octanol–water partition coefficient (Wildman–Crippen LogP) is 5.90. The number of aromatic nitrogens is 2. The quantitative estimate of drug-likeness (QED) is 0.505. The number of pyridine rings is 1. The SMILES string of the molecule is CCC(OC)c1cncc2c1c(Sc1ccc(Cl)cc1)c1n2CCC1CC(=O)O. The molecule has 7 heteroatoms. The minimum Gasteiger partial charge on any atom is -0.481 e. The molecule has 152 valence electrons. The van der Waals surface area contributed by atoms with Gasteiger partial charge in [0.2, 0.25) is 0 Å². The average Bonchev–Trinajstić information content (AvgIpc) is 3.24. The Balaban J connectivity index is 1.93. The second-order valence-corrected chi connectivity index (χ2v) is 8.78. The number of hydrogen-bond donors (Lipinski definition) is 1. The number of carboxylic acid groups (broad SMARTS) is 1. The van der Waals surface area contributed by atoms with E-state index in [2.05, 4.69) is 16.5 Å². The van der Waals surface area contributed by atoms with Gasteiger partial charge >= 0.3 is 5.97 Å². The third-order valence-electron chi connectivity index (χ3n) is 5.54. The Hall–Kier alpha value is -2.02. The minimum absolute atomic E-state index is 0.00910. The number of fused-ring (bicyclic) bond motifs is 3. The van der Waals surface area contributed by atoms with E-state index >= 15 is 0 Å². The van der Waals surface area contributed by atoms with Gasteiger partial charge in [0, 0.05) is 57.2 Å². The van der Waals surface area contributed by atoms with Crippen LogP contribution < -0.4 is 0 Å². The summed E-state index contributed by atoms with van der Waals surface area (Å²) in [5.74, 6) is -0.775. The molecule has 1 N–H and O–H groups in total. The van der Waals surface area contributed by atoms with Crippen molar-refractivity contribution in [3.63, 3.8) is 0 Å². The Labute approximate surface area is 179 Å². The van der Waals surface area contributed by atoms with E-state index < -0.39 is 5.97 Å². The molecule has 0 saturated heterocycles. The highest BCUT2D eigenvalue weighted by Crippen LogP contribution is 2.48. The Morgan fingerprint density at radius 3 is 2.79 bits per heavy atom. The van der Waals surface area contributed by atoms with Crippen molar-refractivity contribution in [2.24, 2.45) is 0 Å². The van der Waals surface area contributed by atoms with Crippen molar-refractivity contribution in [2.75, 3.05) is 7.11 Å². The maximum atomic E-state index is 11.5. The van der Waals surface area contributed by atoms with Crippen molar-refractivity contribution in [1.29, 1.82) is 0 Å². The van der Waals surface area contributed by atoms with Gasteiger partial charge in [0.1, 0.15) is 0 Å². The Morgan fingerprint density at radius 2 is 2.14 bits per heavy atom. The summed E-state index contributed by atoms with van der Waals surface area (Å²) < 4.78 is 7.99. The van der Waals surface area contributed by atoms with E-state index in [1.165, 1.54) is 0 Å². The van der Waals surface area contributed by atoms with E-state index in [1.54, 1.807) is 18.9 Å². The van der Waals surface area contributed by atoms with Gasteiger partial charge in [0.15, 0.2) is 0 Å². The second kappa shape index (κ2) is 8.38. The first kappa shape index (κ1) is 20.3. The van der Waals surface area contributed by atoms with E-state index in [-0.39, 0.29) is 18.4 Å². The molecular weight excluding hydrogens is 408 g/mol. The smallest absolute Gasteiger partial charge is 0.304 e. The van der Waals surface area contributed by atoms with Crippen molar-refractivity contribution >= 4 is 40.2 Å². The second-order valence-electron chi connectivity index (χ2n) is 7.26. The third-order valence-corrected chi connectivity index (χ3v) is 6.92. The third kappa shape index (κ3) is 3.77. The van der Waals surface area contributed by atoms with Crippen LogP contribution in [0.15, 0.2) is 46.5 Å². The first-order valence-corrected chi connectivity index (χ1v) is 10.9. The highest BCUT2D eigenvalue weighted by atomic mass is 35.5. The lowest BCUT2D eigenvalue weighted by atomic mass is 9.98. The number of rotatable bonds is 7. The van der Waals surface area contributed by atoms with Gasteiger partial charge in [-0.2, -0.15) is 0 Å². The summed E-state index contributed by atoms with van der Waals surface area (Å²) in [7, 11) is 1.72. The summed E-state index contributed by atoms with van der Waals surface area (Å²) in [5, 5.41) is 11.3. The fraction of sp³-hybridized carbons (Fsp3) is 0.364. The molecule has 1 aliphatic rings. The lowest BCUT2D eigenvalue weighted by Crippen LogP contribution is -2.04. The molecule has 2 atom stereocenters. The highest BCUT2D eigenvalue weighted by molar-refractivity contribution is 7.99. The number of carbonyl (C=O) groups is 1. The molecule has 0 spiro atoms. The highest BCUT2D eigenvalue weighted by Gasteiger charge is 2.33. The molecule has 0 radical (unpaired) electrons. The molecule has 1 aliphatic heterocycles. The first-order valence-electron chi connectivity index (χ1n) is 9.71. The van der Waals surface area contributed by atoms with Gasteiger partial charge in [-0.3, -0.25) is 9.78 Å². The standard InChI is InChI=1S/C22H23ClN2O3S/c1-3-18(28-2)16-11-24-12-17-20(16)22(29-15-6-4-14(23)5-7-15)21-13(10-19(26)27)8-9-25(17)21/h4-7,11-13,18H,3,8-10H2,1-2H3,(H,26,27). The van der Waals surface area contributed by atoms with Crippen molar-refractivity contribution < 1.29 is 14.6 Å². The molecule has 1 aromatic carbocycles. The number of aryl methyl sites for hydroxylation is 1. The van der Waals surface area contributed by atoms with Crippen molar-refractivity contribution in [1.82, 2.24) is 9.55 Å². The van der Waals surface area contributed by atoms with Crippen LogP contribution in [0, 0.1) is 0 Å². The molecule has 0 saturated carbocycles. The lowest BCUT2D eigenvalue weighted by Gasteiger charge is -2.16. The van der Waals surface area contributed by atoms with Gasteiger partial charge < -0.3 is 14.4 Å². The fourth-order valence-corrected chi connectivity index (χ4v) is 5.60. The lowest BCUT2D eigenvalue weighted by molar-refractivity contribution is -0.137. The number of nitrogens with zero attached hydrogens (tertiary/aromatic N) is 2. The van der Waals surface area contributed by atoms with Gasteiger partial charge in [-0.1, -0.05) is 30.3 Å². The number of hydrogen-bond acceptors (Lipinski definition) is 4. The normalized spacial score (nSPS) is 16.9. The zero-order valence-corrected chi connectivity index (χ0v) is 18.0. The molecule has 0 bridgehead atoms. The topological polar surface area (TPSA) is 64.4 Å². The summed E-state index contributed by atoms with van der Waals surface area (Å²) in [6.45, 7) is 2.90. The van der Waals surface area contributed by atoms with Crippen LogP contribution in [-0.2, 0) is 16.1 Å². The van der Waals surface area contributed by atoms with Gasteiger partial charge in [0.25, 0.3) is 0 Å². The van der Waals surface area contributed by atoms with Gasteiger partial charge in [-0.25, -0.2) is 0 Å². The van der Waals surface area contributed by atoms with Crippen LogP contribution in [0.3, 0.4) is 0 Å². The molecular formula is C22H23ClN2O3S. The zero-order valence-electron chi connectivity index (χ0n) is 16.4. The van der Waals surface area contributed by atoms with E-state index in [0.29, 0.717) is 5.02 Å². The van der Waals surface area contributed by atoms with Crippen LogP contribution in [0.1, 0.15) is 49.5 Å². The van der Waals surface area contributed by atoms with E-state index in [4.69, 9.17) is 16.3 Å². The van der Waals surface area contributed by atoms with Gasteiger partial charge in [-0.05, 0) is 37.1 Å². The largest absolute Gasteiger partial charge is 0.481 e. The van der Waals surface area contributed by atoms with Crippen LogP contribution in [0.2, 0.25) is 5.02 Å². The molecule has 3 heterocycles. The number of benzene rings is 1. The van der Waals surface area contributed by atoms with E-state index in [1.807, 2.05) is 36.7 Å². The Morgan fingerprint density at radius 1 is 1.38 bits per heavy atom. The number of aliphatic carboxylic acids is 1. The molecule has 0 aliphatic carbocycles. The summed E-state index contributed by atoms with van der Waals surface area (Å²) in [5.41, 5.74) is 3.21. The number of ether oxygens (including phenoxy) is 1. The van der Waals surface area contributed by atoms with Crippen LogP contribution in [-0.4, -0.2) is 27.7 Å². The Kier molecular flexibility index (Phi) is 5.86. The fourth-order valence-electron chi connectivity index (χ4n) is 4.26. The van der Waals surface area contributed by atoms with Gasteiger partial charge in [0.05, 0.1) is 24.2 Å². The van der Waals surface area contributed by atoms with Crippen molar-refractivity contribution in [3.8, 4) is 0 Å². The van der Waals surface area contributed by atoms with E-state index in [9.17, 15) is 9.90 Å². The zero-order chi connectivity index (χ0) is 20.5. The summed E-state index contributed by atoms with van der Waals surface area (Å²) >= 11 is 7.73. The molecule has 5 nitrogen and oxygen atoms in total. The molecule has 0 fully saturated rings. The monoisotopic (exact) mass is 430 g/mol. The molecule has 29 heavy (non-hydrogen) atoms. The summed E-state index contributed by atoms with van der Waals surface area (Å²) in [6.07, 6.45) is 5.51. The van der Waals surface area contributed by atoms with Crippen LogP contribution >= 0.6 is 23.4 Å². The Bertz CT molecular complexity index is 1040. The molecule has 2 unspecified atom stereocenters. The molecule has 3 aromatic rings. The predicted molar refractivity (Wildman–Crippen MR) is 115 cm³/mol. The molecule has 0 amide bonds. The molecule has 2 aromatic heterocycles. The summed E-state index contributed by atoms with van der Waals surface area (Å²) in [6, 6.07) is 7.75. The average molecular weight is 431 g/mol. The number of carboxylic acids is 1. The van der Waals surface area contributed by atoms with Crippen LogP contribution in [0.4, 0.5) is 0 Å². The van der Waals surface area contributed by atoms with E-state index in [0.717, 1.165) is 51.3 Å². The van der Waals surface area contributed by atoms with Crippen LogP contribution in [0.25, 0.3) is 10.9 Å². The molecule has 4 rings (SSSR count). The van der Waals surface area contributed by atoms with Crippen LogP contribution in [0.5, 0.6) is 0 Å². The van der Waals surface area contributed by atoms with Crippen molar-refractivity contribution in [2.45, 2.75) is 54.5 Å². The maximum Gasteiger partial charge on any atom is 0.304 e. The number of halogens is 1. The van der Waals surface area contributed by atoms with Crippen molar-refractivity contribution in [3.05, 3.63) is 52.9 Å². The van der Waals surface area contributed by atoms with Gasteiger partial charge in [-0.15, -0.1) is 0 Å². The minimum atomic E-state index is -0.766. The first-order chi connectivity index (χ1) is 14.0. The maximum absolute atomic E-state index is 11.5. The number of methoxy groups -OCH3 is 1.